The van der Waals surface area contributed by atoms with Crippen LogP contribution >= 0.6 is 0 Å². The van der Waals surface area contributed by atoms with E-state index >= 15 is 0 Å². The molecule has 1 heteroatoms. The Balaban J connectivity index is 1.75. The van der Waals surface area contributed by atoms with Crippen molar-refractivity contribution in [3.8, 4) is 0 Å². The van der Waals surface area contributed by atoms with Crippen LogP contribution in [0.25, 0.3) is 0 Å². The fourth-order valence-electron chi connectivity index (χ4n) is 2.62. The van der Waals surface area contributed by atoms with Crippen molar-refractivity contribution in [3.63, 3.8) is 0 Å². The average molecular weight is 167 g/mol. The Morgan fingerprint density at radius 1 is 0.750 bits per heavy atom. The van der Waals surface area contributed by atoms with Gasteiger partial charge in [-0.3, -0.25) is 0 Å². The second kappa shape index (κ2) is 3.78. The molecule has 2 aliphatic rings. The molecule has 12 heavy (non-hydrogen) atoms. The van der Waals surface area contributed by atoms with Crippen molar-refractivity contribution in [1.29, 1.82) is 0 Å². The first-order chi connectivity index (χ1) is 5.86. The SMILES string of the molecule is NC1CCCCC2C[C@H]2CCC1. The lowest BCUT2D eigenvalue weighted by molar-refractivity contribution is 0.450. The van der Waals surface area contributed by atoms with Crippen LogP contribution in [0.4, 0.5) is 0 Å². The molecule has 0 aliphatic heterocycles. The lowest BCUT2D eigenvalue weighted by Gasteiger charge is -2.12. The summed E-state index contributed by atoms with van der Waals surface area (Å²) in [6, 6.07) is 0.514. The molecule has 0 radical (unpaired) electrons. The van der Waals surface area contributed by atoms with Crippen LogP contribution in [0.2, 0.25) is 0 Å². The molecule has 2 N–H and O–H groups in total. The summed E-state index contributed by atoms with van der Waals surface area (Å²) in [6.07, 6.45) is 11.3. The minimum Gasteiger partial charge on any atom is -0.328 e. The van der Waals surface area contributed by atoms with Crippen LogP contribution < -0.4 is 5.73 Å². The molecular weight excluding hydrogens is 146 g/mol. The minimum absolute atomic E-state index is 0.514. The zero-order chi connectivity index (χ0) is 8.39. The summed E-state index contributed by atoms with van der Waals surface area (Å²) >= 11 is 0. The van der Waals surface area contributed by atoms with Crippen molar-refractivity contribution in [2.24, 2.45) is 17.6 Å². The molecule has 2 aliphatic carbocycles. The van der Waals surface area contributed by atoms with Gasteiger partial charge in [-0.25, -0.2) is 0 Å². The zero-order valence-electron chi connectivity index (χ0n) is 7.97. The molecule has 0 spiro atoms. The van der Waals surface area contributed by atoms with Gasteiger partial charge in [-0.15, -0.1) is 0 Å². The van der Waals surface area contributed by atoms with E-state index in [0.717, 1.165) is 11.8 Å². The van der Waals surface area contributed by atoms with Crippen LogP contribution in [0.3, 0.4) is 0 Å². The van der Waals surface area contributed by atoms with Crippen molar-refractivity contribution >= 4 is 0 Å². The summed E-state index contributed by atoms with van der Waals surface area (Å²) in [6.45, 7) is 0. The molecule has 0 saturated heterocycles. The first kappa shape index (κ1) is 8.55. The Morgan fingerprint density at radius 3 is 2.17 bits per heavy atom. The van der Waals surface area contributed by atoms with E-state index in [1.807, 2.05) is 0 Å². The Morgan fingerprint density at radius 2 is 1.33 bits per heavy atom. The first-order valence-corrected chi connectivity index (χ1v) is 5.62. The average Bonchev–Trinajstić information content (AvgIpc) is 2.78. The third-order valence-electron chi connectivity index (χ3n) is 3.62. The zero-order valence-corrected chi connectivity index (χ0v) is 7.97. The summed E-state index contributed by atoms with van der Waals surface area (Å²) in [5.74, 6) is 2.23. The number of fused-ring (bicyclic) bond motifs is 1. The van der Waals surface area contributed by atoms with Gasteiger partial charge in [-0.1, -0.05) is 32.1 Å². The van der Waals surface area contributed by atoms with Crippen LogP contribution in [-0.2, 0) is 0 Å². The highest BCUT2D eigenvalue weighted by molar-refractivity contribution is 4.86. The van der Waals surface area contributed by atoms with Gasteiger partial charge in [0.1, 0.15) is 0 Å². The maximum Gasteiger partial charge on any atom is 0.00388 e. The molecule has 2 unspecified atom stereocenters. The van der Waals surface area contributed by atoms with Crippen LogP contribution in [0.15, 0.2) is 0 Å². The molecule has 2 saturated carbocycles. The molecular formula is C11H21N. The van der Waals surface area contributed by atoms with Gasteiger partial charge in [0.2, 0.25) is 0 Å². The van der Waals surface area contributed by atoms with Gasteiger partial charge in [-0.05, 0) is 31.1 Å². The van der Waals surface area contributed by atoms with E-state index in [4.69, 9.17) is 5.73 Å². The molecule has 0 heterocycles. The highest BCUT2D eigenvalue weighted by Gasteiger charge is 2.35. The number of hydrogen-bond acceptors (Lipinski definition) is 1. The van der Waals surface area contributed by atoms with E-state index < -0.39 is 0 Å². The van der Waals surface area contributed by atoms with E-state index in [-0.39, 0.29) is 0 Å². The smallest absolute Gasteiger partial charge is 0.00388 e. The Bertz CT molecular complexity index is 140. The van der Waals surface area contributed by atoms with E-state index in [2.05, 4.69) is 0 Å². The van der Waals surface area contributed by atoms with E-state index in [9.17, 15) is 0 Å². The second-order valence-electron chi connectivity index (χ2n) is 4.73. The molecule has 70 valence electrons. The van der Waals surface area contributed by atoms with E-state index in [0.29, 0.717) is 6.04 Å². The predicted octanol–water partition coefficient (Wildman–Crippen LogP) is 2.69. The molecule has 0 aromatic rings. The predicted molar refractivity (Wildman–Crippen MR) is 51.9 cm³/mol. The van der Waals surface area contributed by atoms with Crippen LogP contribution in [0.5, 0.6) is 0 Å². The molecule has 0 aromatic carbocycles. The standard InChI is InChI=1S/C11H21N/c12-11-6-2-1-4-9-8-10(9)5-3-7-11/h9-11H,1-8,12H2/t9?,10-,11?/m1/s1. The van der Waals surface area contributed by atoms with Gasteiger partial charge in [0.25, 0.3) is 0 Å². The summed E-state index contributed by atoms with van der Waals surface area (Å²) in [4.78, 5) is 0. The first-order valence-electron chi connectivity index (χ1n) is 5.62. The maximum absolute atomic E-state index is 5.98. The van der Waals surface area contributed by atoms with Crippen molar-refractivity contribution in [1.82, 2.24) is 0 Å². The third kappa shape index (κ3) is 2.22. The van der Waals surface area contributed by atoms with Gasteiger partial charge in [0.15, 0.2) is 0 Å². The molecule has 2 fully saturated rings. The molecule has 2 rings (SSSR count). The summed E-state index contributed by atoms with van der Waals surface area (Å²) in [5.41, 5.74) is 5.98. The van der Waals surface area contributed by atoms with E-state index in [1.54, 1.807) is 0 Å². The molecule has 0 amide bonds. The topological polar surface area (TPSA) is 26.0 Å². The van der Waals surface area contributed by atoms with E-state index in [1.165, 1.54) is 51.4 Å². The highest BCUT2D eigenvalue weighted by atomic mass is 14.6. The van der Waals surface area contributed by atoms with Gasteiger partial charge in [0, 0.05) is 6.04 Å². The van der Waals surface area contributed by atoms with Crippen molar-refractivity contribution in [2.45, 2.75) is 57.4 Å². The Labute approximate surface area is 75.7 Å². The molecule has 0 aromatic heterocycles. The van der Waals surface area contributed by atoms with Crippen molar-refractivity contribution in [2.75, 3.05) is 0 Å². The van der Waals surface area contributed by atoms with Crippen LogP contribution in [0.1, 0.15) is 51.4 Å². The largest absolute Gasteiger partial charge is 0.328 e. The summed E-state index contributed by atoms with van der Waals surface area (Å²) in [5, 5.41) is 0. The fourth-order valence-corrected chi connectivity index (χ4v) is 2.62. The van der Waals surface area contributed by atoms with Gasteiger partial charge < -0.3 is 5.73 Å². The number of rotatable bonds is 0. The van der Waals surface area contributed by atoms with Gasteiger partial charge in [-0.2, -0.15) is 0 Å². The van der Waals surface area contributed by atoms with Crippen LogP contribution in [0, 0.1) is 11.8 Å². The summed E-state index contributed by atoms with van der Waals surface area (Å²) in [7, 11) is 0. The minimum atomic E-state index is 0.514. The molecule has 1 nitrogen and oxygen atoms in total. The maximum atomic E-state index is 5.98. The lowest BCUT2D eigenvalue weighted by atomic mass is 9.98. The Kier molecular flexibility index (Phi) is 2.69. The quantitative estimate of drug-likeness (QED) is 0.590. The monoisotopic (exact) mass is 167 g/mol. The van der Waals surface area contributed by atoms with Crippen molar-refractivity contribution in [3.05, 3.63) is 0 Å². The number of hydrogen-bond donors (Lipinski definition) is 1. The Hall–Kier alpha value is -0.0400. The second-order valence-corrected chi connectivity index (χ2v) is 4.73. The molecule has 3 atom stereocenters. The molecule has 0 bridgehead atoms. The fraction of sp³-hybridized carbons (Fsp3) is 1.00. The van der Waals surface area contributed by atoms with Gasteiger partial charge >= 0.3 is 0 Å². The lowest BCUT2D eigenvalue weighted by Crippen LogP contribution is -2.19. The van der Waals surface area contributed by atoms with Crippen molar-refractivity contribution < 1.29 is 0 Å². The highest BCUT2D eigenvalue weighted by Crippen LogP contribution is 2.46. The normalized spacial score (nSPS) is 43.2. The number of nitrogens with two attached hydrogens (primary N) is 1. The summed E-state index contributed by atoms with van der Waals surface area (Å²) < 4.78 is 0. The van der Waals surface area contributed by atoms with Crippen LogP contribution in [-0.4, -0.2) is 6.04 Å². The van der Waals surface area contributed by atoms with Gasteiger partial charge in [0.05, 0.1) is 0 Å². The third-order valence-corrected chi connectivity index (χ3v) is 3.62.